The molecule has 2 atom stereocenters. The molecule has 1 aromatic heterocycles. The Bertz CT molecular complexity index is 1090. The van der Waals surface area contributed by atoms with Crippen LogP contribution in [0.15, 0.2) is 60.7 Å². The number of ether oxygens (including phenoxy) is 1. The van der Waals surface area contributed by atoms with Crippen molar-refractivity contribution in [3.05, 3.63) is 77.6 Å². The molecule has 0 aliphatic carbocycles. The predicted molar refractivity (Wildman–Crippen MR) is 120 cm³/mol. The summed E-state index contributed by atoms with van der Waals surface area (Å²) in [6.07, 6.45) is -1.18. The molecule has 4 N–H and O–H groups in total. The third kappa shape index (κ3) is 6.50. The van der Waals surface area contributed by atoms with Gasteiger partial charge in [-0.1, -0.05) is 54.6 Å². The third-order valence-corrected chi connectivity index (χ3v) is 4.99. The Labute approximate surface area is 190 Å². The summed E-state index contributed by atoms with van der Waals surface area (Å²) in [7, 11) is 0. The van der Waals surface area contributed by atoms with Gasteiger partial charge < -0.3 is 20.3 Å². The molecule has 0 spiro atoms. The zero-order chi connectivity index (χ0) is 23.8. The van der Waals surface area contributed by atoms with E-state index in [9.17, 15) is 19.5 Å². The highest BCUT2D eigenvalue weighted by atomic mass is 16.5. The number of carboxylic acids is 1. The van der Waals surface area contributed by atoms with Crippen LogP contribution < -0.4 is 5.32 Å². The van der Waals surface area contributed by atoms with Gasteiger partial charge in [0.2, 0.25) is 0 Å². The molecule has 0 aliphatic rings. The van der Waals surface area contributed by atoms with Crippen molar-refractivity contribution in [2.45, 2.75) is 31.9 Å². The van der Waals surface area contributed by atoms with Gasteiger partial charge in [-0.2, -0.15) is 5.10 Å². The molecule has 0 fully saturated rings. The molecule has 0 bridgehead atoms. The van der Waals surface area contributed by atoms with Gasteiger partial charge in [0.15, 0.2) is 11.8 Å². The van der Waals surface area contributed by atoms with E-state index < -0.39 is 30.0 Å². The van der Waals surface area contributed by atoms with Gasteiger partial charge in [0.1, 0.15) is 5.69 Å². The Morgan fingerprint density at radius 3 is 2.33 bits per heavy atom. The van der Waals surface area contributed by atoms with Crippen LogP contribution in [0.25, 0.3) is 11.1 Å². The van der Waals surface area contributed by atoms with Gasteiger partial charge >= 0.3 is 11.9 Å². The first kappa shape index (κ1) is 23.7. The minimum Gasteiger partial charge on any atom is -0.477 e. The van der Waals surface area contributed by atoms with E-state index in [-0.39, 0.29) is 24.4 Å². The molecule has 0 saturated heterocycles. The summed E-state index contributed by atoms with van der Waals surface area (Å²) in [5, 5.41) is 27.9. The number of amides is 1. The molecule has 2 aromatic carbocycles. The average Bonchev–Trinajstić information content (AvgIpc) is 3.31. The van der Waals surface area contributed by atoms with Crippen molar-refractivity contribution >= 4 is 17.8 Å². The van der Waals surface area contributed by atoms with Crippen LogP contribution in [0.3, 0.4) is 0 Å². The molecule has 9 heteroatoms. The number of H-pyrrole nitrogens is 1. The standard InChI is InChI=1S/C24H25N3O6/c1-2-33-24(32)21(28)13-18(25-22(29)19-14-20(23(30)31)27-26-19)12-15-8-10-17(11-9-15)16-6-4-3-5-7-16/h3-11,14,18,21,28H,2,12-13H2,1H3,(H,25,29)(H,26,27)(H,30,31). The van der Waals surface area contributed by atoms with E-state index in [1.165, 1.54) is 0 Å². The molecule has 172 valence electrons. The fourth-order valence-electron chi connectivity index (χ4n) is 3.35. The van der Waals surface area contributed by atoms with E-state index in [4.69, 9.17) is 9.84 Å². The number of aromatic carboxylic acids is 1. The number of aromatic amines is 1. The highest BCUT2D eigenvalue weighted by Crippen LogP contribution is 2.20. The number of carbonyl (C=O) groups excluding carboxylic acids is 2. The molecule has 3 aromatic rings. The molecule has 1 heterocycles. The van der Waals surface area contributed by atoms with Crippen molar-refractivity contribution in [1.29, 1.82) is 0 Å². The van der Waals surface area contributed by atoms with E-state index in [1.807, 2.05) is 54.6 Å². The van der Waals surface area contributed by atoms with Crippen LogP contribution in [0.2, 0.25) is 0 Å². The molecular weight excluding hydrogens is 426 g/mol. The second-order valence-corrected chi connectivity index (χ2v) is 7.41. The lowest BCUT2D eigenvalue weighted by Gasteiger charge is -2.21. The van der Waals surface area contributed by atoms with Crippen LogP contribution >= 0.6 is 0 Å². The van der Waals surface area contributed by atoms with Crippen molar-refractivity contribution < 1.29 is 29.3 Å². The maximum atomic E-state index is 12.6. The number of carbonyl (C=O) groups is 3. The second-order valence-electron chi connectivity index (χ2n) is 7.41. The number of nitrogens with one attached hydrogen (secondary N) is 2. The molecule has 9 nitrogen and oxygen atoms in total. The van der Waals surface area contributed by atoms with E-state index in [0.717, 1.165) is 22.8 Å². The topological polar surface area (TPSA) is 142 Å². The molecule has 3 rings (SSSR count). The minimum absolute atomic E-state index is 0.0821. The first-order valence-corrected chi connectivity index (χ1v) is 10.5. The summed E-state index contributed by atoms with van der Waals surface area (Å²) in [4.78, 5) is 35.5. The lowest BCUT2D eigenvalue weighted by molar-refractivity contribution is -0.153. The smallest absolute Gasteiger partial charge is 0.353 e. The van der Waals surface area contributed by atoms with Gasteiger partial charge in [-0.05, 0) is 30.0 Å². The van der Waals surface area contributed by atoms with Crippen molar-refractivity contribution in [3.8, 4) is 11.1 Å². The summed E-state index contributed by atoms with van der Waals surface area (Å²) in [5.74, 6) is -2.64. The van der Waals surface area contributed by atoms with Gasteiger partial charge in [-0.3, -0.25) is 9.89 Å². The van der Waals surface area contributed by atoms with E-state index >= 15 is 0 Å². The Morgan fingerprint density at radius 1 is 1.06 bits per heavy atom. The molecular formula is C24H25N3O6. The summed E-state index contributed by atoms with van der Waals surface area (Å²) < 4.78 is 4.85. The second kappa shape index (κ2) is 11.1. The maximum Gasteiger partial charge on any atom is 0.353 e. The number of hydrogen-bond donors (Lipinski definition) is 4. The normalized spacial score (nSPS) is 12.5. The summed E-state index contributed by atoms with van der Waals surface area (Å²) in [6, 6.07) is 18.1. The first-order valence-electron chi connectivity index (χ1n) is 10.5. The fraction of sp³-hybridized carbons (Fsp3) is 0.250. The van der Waals surface area contributed by atoms with Gasteiger partial charge in [-0.25, -0.2) is 9.59 Å². The number of aliphatic hydroxyl groups is 1. The van der Waals surface area contributed by atoms with Crippen LogP contribution in [0.1, 0.15) is 39.9 Å². The zero-order valence-corrected chi connectivity index (χ0v) is 18.0. The van der Waals surface area contributed by atoms with E-state index in [1.54, 1.807) is 6.92 Å². The molecule has 33 heavy (non-hydrogen) atoms. The summed E-state index contributed by atoms with van der Waals surface area (Å²) in [5.41, 5.74) is 2.65. The van der Waals surface area contributed by atoms with Crippen LogP contribution in [0.4, 0.5) is 0 Å². The minimum atomic E-state index is -1.42. The SMILES string of the molecule is CCOC(=O)C(O)CC(Cc1ccc(-c2ccccc2)cc1)NC(=O)c1cc(C(=O)O)[nH]n1. The number of aromatic nitrogens is 2. The molecule has 0 radical (unpaired) electrons. The average molecular weight is 451 g/mol. The van der Waals surface area contributed by atoms with E-state index in [0.29, 0.717) is 6.42 Å². The molecule has 0 aliphatic heterocycles. The van der Waals surface area contributed by atoms with Crippen molar-refractivity contribution in [2.24, 2.45) is 0 Å². The van der Waals surface area contributed by atoms with Gasteiger partial charge in [0, 0.05) is 18.5 Å². The number of rotatable bonds is 10. The lowest BCUT2D eigenvalue weighted by Crippen LogP contribution is -2.41. The van der Waals surface area contributed by atoms with Crippen LogP contribution in [-0.4, -0.2) is 57.0 Å². The Morgan fingerprint density at radius 2 is 1.73 bits per heavy atom. The number of hydrogen-bond acceptors (Lipinski definition) is 6. The predicted octanol–water partition coefficient (Wildman–Crippen LogP) is 2.43. The van der Waals surface area contributed by atoms with E-state index in [2.05, 4.69) is 15.5 Å². The van der Waals surface area contributed by atoms with Crippen molar-refractivity contribution in [2.75, 3.05) is 6.61 Å². The lowest BCUT2D eigenvalue weighted by atomic mass is 9.97. The van der Waals surface area contributed by atoms with Crippen LogP contribution in [0.5, 0.6) is 0 Å². The fourth-order valence-corrected chi connectivity index (χ4v) is 3.35. The van der Waals surface area contributed by atoms with Gasteiger partial charge in [-0.15, -0.1) is 0 Å². The van der Waals surface area contributed by atoms with Crippen LogP contribution in [0, 0.1) is 0 Å². The Kier molecular flexibility index (Phi) is 7.93. The summed E-state index contributed by atoms with van der Waals surface area (Å²) in [6.45, 7) is 1.76. The number of esters is 1. The summed E-state index contributed by atoms with van der Waals surface area (Å²) >= 11 is 0. The largest absolute Gasteiger partial charge is 0.477 e. The van der Waals surface area contributed by atoms with Crippen molar-refractivity contribution in [1.82, 2.24) is 15.5 Å². The van der Waals surface area contributed by atoms with Crippen LogP contribution in [-0.2, 0) is 16.0 Å². The Balaban J connectivity index is 1.75. The number of carboxylic acid groups (broad SMARTS) is 1. The van der Waals surface area contributed by atoms with Gasteiger partial charge in [0.05, 0.1) is 6.61 Å². The number of nitrogens with zero attached hydrogens (tertiary/aromatic N) is 1. The number of aliphatic hydroxyl groups excluding tert-OH is 1. The maximum absolute atomic E-state index is 12.6. The third-order valence-electron chi connectivity index (χ3n) is 4.99. The highest BCUT2D eigenvalue weighted by molar-refractivity contribution is 5.95. The molecule has 2 unspecified atom stereocenters. The molecule has 1 amide bonds. The van der Waals surface area contributed by atoms with Crippen molar-refractivity contribution in [3.63, 3.8) is 0 Å². The monoisotopic (exact) mass is 451 g/mol. The highest BCUT2D eigenvalue weighted by Gasteiger charge is 2.25. The Hall–Kier alpha value is -3.98. The quantitative estimate of drug-likeness (QED) is 0.347. The zero-order valence-electron chi connectivity index (χ0n) is 18.0. The molecule has 0 saturated carbocycles. The first-order chi connectivity index (χ1) is 15.9. The number of benzene rings is 2. The van der Waals surface area contributed by atoms with Gasteiger partial charge in [0.25, 0.3) is 5.91 Å².